The zero-order valence-electron chi connectivity index (χ0n) is 19.9. The number of halogens is 6. The largest absolute Gasteiger partial charge is 0.490 e. The lowest BCUT2D eigenvalue weighted by Gasteiger charge is -2.32. The van der Waals surface area contributed by atoms with E-state index in [1.54, 1.807) is 11.3 Å². The smallest absolute Gasteiger partial charge is 0.475 e. The maximum absolute atomic E-state index is 10.6. The second-order valence-corrected chi connectivity index (χ2v) is 9.05. The number of hydrogen-bond donors (Lipinski definition) is 2. The third-order valence-electron chi connectivity index (χ3n) is 5.43. The molecular formula is C22H25F6N3O6S. The molecule has 3 atom stereocenters. The summed E-state index contributed by atoms with van der Waals surface area (Å²) in [6.45, 7) is 5.35. The van der Waals surface area contributed by atoms with Crippen LogP contribution >= 0.6 is 11.3 Å². The van der Waals surface area contributed by atoms with Gasteiger partial charge in [-0.1, -0.05) is 6.07 Å². The van der Waals surface area contributed by atoms with E-state index in [9.17, 15) is 26.3 Å². The summed E-state index contributed by atoms with van der Waals surface area (Å²) >= 11 is 1.74. The van der Waals surface area contributed by atoms with E-state index in [4.69, 9.17) is 29.3 Å². The van der Waals surface area contributed by atoms with Gasteiger partial charge in [-0.3, -0.25) is 9.88 Å². The fraction of sp³-hybridized carbons (Fsp3) is 0.545. The number of nitrogens with zero attached hydrogens (tertiary/aromatic N) is 3. The van der Waals surface area contributed by atoms with Crippen LogP contribution in [0.4, 0.5) is 26.3 Å². The molecule has 0 unspecified atom stereocenters. The Morgan fingerprint density at radius 2 is 1.76 bits per heavy atom. The fourth-order valence-corrected chi connectivity index (χ4v) is 4.47. The van der Waals surface area contributed by atoms with Crippen molar-refractivity contribution >= 4 is 23.3 Å². The van der Waals surface area contributed by atoms with Gasteiger partial charge in [-0.15, -0.1) is 11.3 Å². The quantitative estimate of drug-likeness (QED) is 0.510. The number of fused-ring (bicyclic) bond motifs is 1. The van der Waals surface area contributed by atoms with E-state index in [0.717, 1.165) is 37.5 Å². The van der Waals surface area contributed by atoms with Crippen LogP contribution in [0.5, 0.6) is 0 Å². The van der Waals surface area contributed by atoms with Gasteiger partial charge in [0.1, 0.15) is 6.10 Å². The van der Waals surface area contributed by atoms with Gasteiger partial charge in [-0.05, 0) is 31.9 Å². The van der Waals surface area contributed by atoms with Crippen molar-refractivity contribution in [3.05, 3.63) is 46.2 Å². The molecule has 9 nitrogen and oxygen atoms in total. The van der Waals surface area contributed by atoms with E-state index in [0.29, 0.717) is 12.6 Å². The highest BCUT2D eigenvalue weighted by Gasteiger charge is 2.45. The highest BCUT2D eigenvalue weighted by atomic mass is 32.1. The van der Waals surface area contributed by atoms with Crippen LogP contribution in [0.1, 0.15) is 29.1 Å². The molecule has 2 aromatic heterocycles. The van der Waals surface area contributed by atoms with Crippen LogP contribution in [0, 0.1) is 6.92 Å². The van der Waals surface area contributed by atoms with Crippen LogP contribution in [0.2, 0.25) is 0 Å². The number of hydrogen-bond acceptors (Lipinski definition) is 8. The summed E-state index contributed by atoms with van der Waals surface area (Å²) in [7, 11) is 0. The molecule has 0 spiro atoms. The third kappa shape index (κ3) is 9.81. The average Bonchev–Trinajstić information content (AvgIpc) is 3.41. The Labute approximate surface area is 217 Å². The molecule has 212 valence electrons. The predicted molar refractivity (Wildman–Crippen MR) is 120 cm³/mol. The van der Waals surface area contributed by atoms with Crippen LogP contribution in [-0.4, -0.2) is 80.8 Å². The van der Waals surface area contributed by atoms with Crippen LogP contribution in [0.25, 0.3) is 0 Å². The monoisotopic (exact) mass is 573 g/mol. The first-order chi connectivity index (χ1) is 17.7. The molecule has 0 aliphatic carbocycles. The van der Waals surface area contributed by atoms with Crippen molar-refractivity contribution < 1.29 is 55.6 Å². The van der Waals surface area contributed by atoms with E-state index >= 15 is 0 Å². The van der Waals surface area contributed by atoms with Crippen LogP contribution in [0.3, 0.4) is 0 Å². The summed E-state index contributed by atoms with van der Waals surface area (Å²) in [6, 6.07) is 6.39. The molecule has 4 rings (SSSR count). The number of pyridine rings is 1. The van der Waals surface area contributed by atoms with Gasteiger partial charge >= 0.3 is 24.3 Å². The van der Waals surface area contributed by atoms with Crippen molar-refractivity contribution in [3.8, 4) is 0 Å². The first-order valence-corrected chi connectivity index (χ1v) is 11.9. The fourth-order valence-electron chi connectivity index (χ4n) is 3.67. The minimum absolute atomic E-state index is 0.116. The Morgan fingerprint density at radius 3 is 2.26 bits per heavy atom. The molecule has 2 aromatic rings. The molecule has 2 aliphatic heterocycles. The molecular weight excluding hydrogens is 548 g/mol. The first kappa shape index (κ1) is 31.4. The van der Waals surface area contributed by atoms with E-state index in [1.807, 2.05) is 29.9 Å². The molecule has 0 amide bonds. The topological polar surface area (TPSA) is 122 Å². The van der Waals surface area contributed by atoms with Gasteiger partial charge in [0.15, 0.2) is 0 Å². The number of ether oxygens (including phenoxy) is 2. The molecule has 2 saturated heterocycles. The average molecular weight is 574 g/mol. The molecule has 0 aromatic carbocycles. The Morgan fingerprint density at radius 1 is 1.13 bits per heavy atom. The molecule has 4 heterocycles. The number of rotatable bonds is 5. The van der Waals surface area contributed by atoms with Gasteiger partial charge in [0, 0.05) is 36.8 Å². The van der Waals surface area contributed by atoms with Crippen LogP contribution in [0.15, 0.2) is 29.9 Å². The summed E-state index contributed by atoms with van der Waals surface area (Å²) in [5, 5.41) is 14.2. The summed E-state index contributed by atoms with van der Waals surface area (Å²) in [4.78, 5) is 30.4. The predicted octanol–water partition coefficient (Wildman–Crippen LogP) is 4.06. The Kier molecular flexibility index (Phi) is 11.4. The first-order valence-electron chi connectivity index (χ1n) is 11.1. The number of aliphatic carboxylic acids is 2. The van der Waals surface area contributed by atoms with Gasteiger partial charge in [-0.25, -0.2) is 14.6 Å². The Hall–Kier alpha value is -2.82. The van der Waals surface area contributed by atoms with Crippen molar-refractivity contribution in [1.82, 2.24) is 14.9 Å². The molecule has 2 fully saturated rings. The standard InChI is InChI=1S/C18H23N3O2S.2C2HF3O2/c1-13-17(24-12-20-13)10-21-9-16(18-15(21)6-4-8-22-18)23-11-14-5-2-3-7-19-14;2*3-2(4,5)1(6)7/h2-3,5,7,12,15-16,18H,4,6,8-11H2,1H3;2*(H,6,7)/t15-,16-,18+;;/m1../s1. The lowest BCUT2D eigenvalue weighted by molar-refractivity contribution is -0.193. The molecule has 0 saturated carbocycles. The second kappa shape index (κ2) is 13.8. The molecule has 38 heavy (non-hydrogen) atoms. The molecule has 2 aliphatic rings. The van der Waals surface area contributed by atoms with Crippen molar-refractivity contribution in [3.63, 3.8) is 0 Å². The van der Waals surface area contributed by atoms with E-state index in [2.05, 4.69) is 21.8 Å². The van der Waals surface area contributed by atoms with Gasteiger partial charge in [-0.2, -0.15) is 26.3 Å². The third-order valence-corrected chi connectivity index (χ3v) is 6.35. The Bertz CT molecular complexity index is 1010. The van der Waals surface area contributed by atoms with Gasteiger partial charge < -0.3 is 19.7 Å². The summed E-state index contributed by atoms with van der Waals surface area (Å²) in [5.41, 5.74) is 4.05. The number of alkyl halides is 6. The maximum atomic E-state index is 10.6. The molecule has 2 N–H and O–H groups in total. The number of carboxylic acids is 2. The molecule has 16 heteroatoms. The second-order valence-electron chi connectivity index (χ2n) is 8.11. The van der Waals surface area contributed by atoms with Gasteiger partial charge in [0.25, 0.3) is 0 Å². The number of aromatic nitrogens is 2. The van der Waals surface area contributed by atoms with Crippen molar-refractivity contribution in [2.75, 3.05) is 13.2 Å². The maximum Gasteiger partial charge on any atom is 0.490 e. The Balaban J connectivity index is 0.000000301. The highest BCUT2D eigenvalue weighted by Crippen LogP contribution is 2.33. The lowest BCUT2D eigenvalue weighted by atomic mass is 10.0. The van der Waals surface area contributed by atoms with Crippen molar-refractivity contribution in [2.24, 2.45) is 0 Å². The minimum Gasteiger partial charge on any atom is -0.475 e. The van der Waals surface area contributed by atoms with Crippen LogP contribution < -0.4 is 0 Å². The van der Waals surface area contributed by atoms with Crippen molar-refractivity contribution in [1.29, 1.82) is 0 Å². The van der Waals surface area contributed by atoms with Gasteiger partial charge in [0.05, 0.1) is 29.6 Å². The number of carbonyl (C=O) groups is 2. The zero-order chi connectivity index (χ0) is 28.5. The van der Waals surface area contributed by atoms with Gasteiger partial charge in [0.2, 0.25) is 0 Å². The highest BCUT2D eigenvalue weighted by molar-refractivity contribution is 7.09. The normalized spacial score (nSPS) is 21.4. The summed E-state index contributed by atoms with van der Waals surface area (Å²) in [6.07, 6.45) is -5.74. The van der Waals surface area contributed by atoms with Crippen molar-refractivity contribution in [2.45, 2.75) is 63.5 Å². The molecule has 0 radical (unpaired) electrons. The summed E-state index contributed by atoms with van der Waals surface area (Å²) in [5.74, 6) is -5.51. The summed E-state index contributed by atoms with van der Waals surface area (Å²) < 4.78 is 75.8. The number of aryl methyl sites for hydroxylation is 1. The van der Waals surface area contributed by atoms with E-state index in [-0.39, 0.29) is 12.2 Å². The SMILES string of the molecule is Cc1ncsc1CN1C[C@@H](OCc2ccccn2)[C@H]2OCCC[C@H]21.O=C(O)C(F)(F)F.O=C(O)C(F)(F)F. The number of likely N-dealkylation sites (tertiary alicyclic amines) is 1. The number of carboxylic acid groups (broad SMARTS) is 2. The lowest BCUT2D eigenvalue weighted by Crippen LogP contribution is -2.41. The van der Waals surface area contributed by atoms with E-state index in [1.165, 1.54) is 11.3 Å². The van der Waals surface area contributed by atoms with E-state index < -0.39 is 24.3 Å². The zero-order valence-corrected chi connectivity index (χ0v) is 20.7. The molecule has 0 bridgehead atoms. The van der Waals surface area contributed by atoms with Crippen LogP contribution in [-0.2, 0) is 32.2 Å². The minimum atomic E-state index is -5.08. The number of thiazole rings is 1.